The van der Waals surface area contributed by atoms with Crippen LogP contribution in [0.15, 0.2) is 17.4 Å². The van der Waals surface area contributed by atoms with Gasteiger partial charge in [-0.3, -0.25) is 4.68 Å². The van der Waals surface area contributed by atoms with Gasteiger partial charge in [-0.1, -0.05) is 6.92 Å². The lowest BCUT2D eigenvalue weighted by molar-refractivity contribution is 0.552. The zero-order chi connectivity index (χ0) is 15.6. The second-order valence-electron chi connectivity index (χ2n) is 4.78. The molecule has 0 aliphatic heterocycles. The highest BCUT2D eigenvalue weighted by Crippen LogP contribution is 2.19. The highest BCUT2D eigenvalue weighted by atomic mass is 32.2. The second-order valence-corrected chi connectivity index (χ2v) is 6.47. The van der Waals surface area contributed by atoms with E-state index in [1.165, 1.54) is 17.2 Å². The van der Waals surface area contributed by atoms with Crippen LogP contribution in [0.2, 0.25) is 0 Å². The first kappa shape index (κ1) is 15.4. The van der Waals surface area contributed by atoms with Crippen molar-refractivity contribution in [3.05, 3.63) is 18.3 Å². The van der Waals surface area contributed by atoms with Crippen LogP contribution in [0.5, 0.6) is 0 Å². The average molecular weight is 313 g/mol. The zero-order valence-electron chi connectivity index (χ0n) is 12.2. The van der Waals surface area contributed by atoms with E-state index in [4.69, 9.17) is 5.73 Å². The summed E-state index contributed by atoms with van der Waals surface area (Å²) in [4.78, 5) is -0.0232. The smallest absolute Gasteiger partial charge is 0.246 e. The monoisotopic (exact) mass is 313 g/mol. The zero-order valence-corrected chi connectivity index (χ0v) is 13.0. The third-order valence-electron chi connectivity index (χ3n) is 2.96. The Morgan fingerprint density at radius 2 is 2.19 bits per heavy atom. The Labute approximate surface area is 123 Å². The molecule has 2 aromatic rings. The summed E-state index contributed by atoms with van der Waals surface area (Å²) < 4.78 is 30.5. The molecule has 2 heterocycles. The molecule has 0 aromatic carbocycles. The third kappa shape index (κ3) is 3.22. The van der Waals surface area contributed by atoms with Crippen molar-refractivity contribution in [1.29, 1.82) is 0 Å². The van der Waals surface area contributed by atoms with Crippen molar-refractivity contribution in [1.82, 2.24) is 29.3 Å². The van der Waals surface area contributed by atoms with Gasteiger partial charge in [0.25, 0.3) is 0 Å². The van der Waals surface area contributed by atoms with Gasteiger partial charge in [-0.25, -0.2) is 13.1 Å². The summed E-state index contributed by atoms with van der Waals surface area (Å²) >= 11 is 0. The fraction of sp³-hybridized carbons (Fsp3) is 0.545. The number of nitrogen functional groups attached to an aromatic ring is 1. The van der Waals surface area contributed by atoms with Crippen molar-refractivity contribution in [2.45, 2.75) is 37.8 Å². The van der Waals surface area contributed by atoms with Crippen LogP contribution >= 0.6 is 0 Å². The molecule has 0 radical (unpaired) electrons. The quantitative estimate of drug-likeness (QED) is 0.777. The summed E-state index contributed by atoms with van der Waals surface area (Å²) in [5, 5.41) is 11.6. The van der Waals surface area contributed by atoms with Crippen molar-refractivity contribution >= 4 is 15.8 Å². The number of hydrogen-bond acceptors (Lipinski definition) is 6. The highest BCUT2D eigenvalue weighted by molar-refractivity contribution is 7.89. The first-order valence-corrected chi connectivity index (χ1v) is 8.02. The molecule has 0 fully saturated rings. The molecule has 21 heavy (non-hydrogen) atoms. The van der Waals surface area contributed by atoms with E-state index in [0.29, 0.717) is 12.4 Å². The summed E-state index contributed by atoms with van der Waals surface area (Å²) in [6.45, 7) is 4.27. The third-order valence-corrected chi connectivity index (χ3v) is 4.52. The molecule has 0 amide bonds. The first-order chi connectivity index (χ1) is 9.85. The Bertz CT molecular complexity index is 719. The lowest BCUT2D eigenvalue weighted by Gasteiger charge is -2.12. The van der Waals surface area contributed by atoms with E-state index in [0.717, 1.165) is 6.42 Å². The molecule has 0 aliphatic rings. The molecule has 0 bridgehead atoms. The number of hydrogen-bond donors (Lipinski definition) is 2. The lowest BCUT2D eigenvalue weighted by Crippen LogP contribution is -2.28. The van der Waals surface area contributed by atoms with Gasteiger partial charge in [-0.2, -0.15) is 5.10 Å². The van der Waals surface area contributed by atoms with Crippen molar-refractivity contribution < 1.29 is 8.42 Å². The standard InChI is InChI=1S/C11H19N7O2S/c1-4-5-18-6-9(10(12)15-18)21(19,20)16-8(2)11-14-13-7-17(11)3/h6-8,16H,4-5H2,1-3H3,(H2,12,15). The van der Waals surface area contributed by atoms with Gasteiger partial charge >= 0.3 is 0 Å². The van der Waals surface area contributed by atoms with Crippen molar-refractivity contribution in [2.24, 2.45) is 7.05 Å². The lowest BCUT2D eigenvalue weighted by atomic mass is 10.3. The van der Waals surface area contributed by atoms with Crippen LogP contribution in [0.25, 0.3) is 0 Å². The van der Waals surface area contributed by atoms with Gasteiger partial charge < -0.3 is 10.3 Å². The molecule has 116 valence electrons. The molecule has 0 spiro atoms. The van der Waals surface area contributed by atoms with Crippen LogP contribution in [0, 0.1) is 0 Å². The predicted octanol–water partition coefficient (Wildman–Crippen LogP) is 0.0433. The van der Waals surface area contributed by atoms with Crippen LogP contribution in [-0.2, 0) is 23.6 Å². The maximum atomic E-state index is 12.4. The minimum atomic E-state index is -3.77. The van der Waals surface area contributed by atoms with Crippen molar-refractivity contribution in [3.8, 4) is 0 Å². The van der Waals surface area contributed by atoms with Crippen molar-refractivity contribution in [2.75, 3.05) is 5.73 Å². The van der Waals surface area contributed by atoms with E-state index < -0.39 is 16.1 Å². The summed E-state index contributed by atoms with van der Waals surface area (Å²) in [5.41, 5.74) is 5.70. The molecule has 0 saturated heterocycles. The maximum Gasteiger partial charge on any atom is 0.246 e. The van der Waals surface area contributed by atoms with Gasteiger partial charge in [0.05, 0.1) is 6.04 Å². The van der Waals surface area contributed by atoms with Gasteiger partial charge in [0.1, 0.15) is 17.0 Å². The Kier molecular flexibility index (Phi) is 4.28. The van der Waals surface area contributed by atoms with E-state index in [1.54, 1.807) is 18.5 Å². The minimum absolute atomic E-state index is 0.0129. The van der Waals surface area contributed by atoms with Gasteiger partial charge in [0.15, 0.2) is 5.82 Å². The fourth-order valence-electron chi connectivity index (χ4n) is 2.00. The normalized spacial score (nSPS) is 13.5. The van der Waals surface area contributed by atoms with Crippen LogP contribution in [0.3, 0.4) is 0 Å². The molecular formula is C11H19N7O2S. The summed E-state index contributed by atoms with van der Waals surface area (Å²) in [5.74, 6) is 0.499. The predicted molar refractivity (Wildman–Crippen MR) is 76.7 cm³/mol. The van der Waals surface area contributed by atoms with Gasteiger partial charge in [-0.05, 0) is 13.3 Å². The fourth-order valence-corrected chi connectivity index (χ4v) is 3.28. The number of nitrogens with two attached hydrogens (primary N) is 1. The van der Waals surface area contributed by atoms with Crippen molar-refractivity contribution in [3.63, 3.8) is 0 Å². The Balaban J connectivity index is 2.24. The first-order valence-electron chi connectivity index (χ1n) is 6.54. The number of nitrogens with zero attached hydrogens (tertiary/aromatic N) is 5. The number of rotatable bonds is 6. The van der Waals surface area contributed by atoms with E-state index >= 15 is 0 Å². The molecule has 10 heteroatoms. The van der Waals surface area contributed by atoms with E-state index in [1.807, 2.05) is 6.92 Å². The minimum Gasteiger partial charge on any atom is -0.381 e. The highest BCUT2D eigenvalue weighted by Gasteiger charge is 2.25. The maximum absolute atomic E-state index is 12.4. The van der Waals surface area contributed by atoms with E-state index in [9.17, 15) is 8.42 Å². The van der Waals surface area contributed by atoms with Gasteiger partial charge in [0.2, 0.25) is 10.0 Å². The van der Waals surface area contributed by atoms with Crippen LogP contribution < -0.4 is 10.5 Å². The second kappa shape index (κ2) is 5.82. The van der Waals surface area contributed by atoms with E-state index in [2.05, 4.69) is 20.0 Å². The summed E-state index contributed by atoms with van der Waals surface area (Å²) in [7, 11) is -2.03. The number of nitrogens with one attached hydrogen (secondary N) is 1. The Morgan fingerprint density at radius 3 is 2.76 bits per heavy atom. The molecule has 2 aromatic heterocycles. The molecular weight excluding hydrogens is 294 g/mol. The number of sulfonamides is 1. The summed E-state index contributed by atoms with van der Waals surface area (Å²) in [6, 6.07) is -0.531. The van der Waals surface area contributed by atoms with Gasteiger partial charge in [-0.15, -0.1) is 10.2 Å². The number of anilines is 1. The Hall–Kier alpha value is -1.94. The SMILES string of the molecule is CCCn1cc(S(=O)(=O)NC(C)c2nncn2C)c(N)n1. The number of aromatic nitrogens is 5. The summed E-state index contributed by atoms with van der Waals surface area (Å²) in [6.07, 6.45) is 3.78. The molecule has 0 saturated carbocycles. The molecule has 3 N–H and O–H groups in total. The van der Waals surface area contributed by atoms with E-state index in [-0.39, 0.29) is 10.7 Å². The van der Waals surface area contributed by atoms with Crippen LogP contribution in [0.4, 0.5) is 5.82 Å². The number of aryl methyl sites for hydroxylation is 2. The molecule has 1 unspecified atom stereocenters. The molecule has 0 aliphatic carbocycles. The van der Waals surface area contributed by atoms with Crippen LogP contribution in [0.1, 0.15) is 32.1 Å². The topological polar surface area (TPSA) is 121 Å². The van der Waals surface area contributed by atoms with Gasteiger partial charge in [0, 0.05) is 19.8 Å². The largest absolute Gasteiger partial charge is 0.381 e. The molecule has 9 nitrogen and oxygen atoms in total. The molecule has 1 atom stereocenters. The molecule has 2 rings (SSSR count). The van der Waals surface area contributed by atoms with Crippen LogP contribution in [-0.4, -0.2) is 33.0 Å². The average Bonchev–Trinajstić information content (AvgIpc) is 2.96. The Morgan fingerprint density at radius 1 is 1.48 bits per heavy atom.